The summed E-state index contributed by atoms with van der Waals surface area (Å²) >= 11 is 2.19. The van der Waals surface area contributed by atoms with Crippen LogP contribution in [-0.2, 0) is 11.2 Å². The number of nitrogen functional groups attached to an aromatic ring is 2. The number of hydrogen-bond donors (Lipinski definition) is 2. The Morgan fingerprint density at radius 2 is 1.87 bits per heavy atom. The highest BCUT2D eigenvalue weighted by molar-refractivity contribution is 14.1. The third-order valence-corrected chi connectivity index (χ3v) is 4.07. The zero-order valence-electron chi connectivity index (χ0n) is 13.0. The third-order valence-electron chi connectivity index (χ3n) is 3.01. The van der Waals surface area contributed by atoms with E-state index in [2.05, 4.69) is 32.6 Å². The fourth-order valence-corrected chi connectivity index (χ4v) is 2.63. The largest absolute Gasteiger partial charge is 0.493 e. The molecule has 1 aromatic heterocycles. The van der Waals surface area contributed by atoms with Gasteiger partial charge in [0.1, 0.15) is 17.3 Å². The van der Waals surface area contributed by atoms with Gasteiger partial charge in [-0.05, 0) is 47.2 Å². The molecule has 23 heavy (non-hydrogen) atoms. The number of anilines is 2. The van der Waals surface area contributed by atoms with Crippen molar-refractivity contribution in [3.05, 3.63) is 33.0 Å². The van der Waals surface area contributed by atoms with Gasteiger partial charge in [-0.2, -0.15) is 4.98 Å². The number of nitrogens with two attached hydrogens (primary N) is 2. The van der Waals surface area contributed by atoms with E-state index in [9.17, 15) is 0 Å². The lowest BCUT2D eigenvalue weighted by Crippen LogP contribution is -2.06. The molecule has 2 aromatic rings. The van der Waals surface area contributed by atoms with E-state index in [4.69, 9.17) is 25.7 Å². The van der Waals surface area contributed by atoms with Crippen LogP contribution in [0, 0.1) is 3.57 Å². The topological polar surface area (TPSA) is 106 Å². The standard InChI is InChI=1S/C15H19IN4O3/c1-3-22-11-5-9(6-12(13(11)16)23-8-21-2)4-10-7-19-15(18)20-14(10)17/h5-7H,3-4,8H2,1-2H3,(H4,17,18,19,20). The molecule has 0 spiro atoms. The fraction of sp³-hybridized carbons (Fsp3) is 0.333. The Morgan fingerprint density at radius 1 is 1.17 bits per heavy atom. The first-order chi connectivity index (χ1) is 11.0. The summed E-state index contributed by atoms with van der Waals surface area (Å²) < 4.78 is 17.1. The zero-order valence-corrected chi connectivity index (χ0v) is 15.2. The van der Waals surface area contributed by atoms with Crippen molar-refractivity contribution in [3.63, 3.8) is 0 Å². The van der Waals surface area contributed by atoms with Crippen LogP contribution in [0.15, 0.2) is 18.3 Å². The Balaban J connectivity index is 2.34. The van der Waals surface area contributed by atoms with Gasteiger partial charge in [-0.15, -0.1) is 0 Å². The molecule has 0 bridgehead atoms. The molecule has 8 heteroatoms. The minimum absolute atomic E-state index is 0.160. The molecule has 1 aromatic carbocycles. The fourth-order valence-electron chi connectivity index (χ4n) is 2.01. The summed E-state index contributed by atoms with van der Waals surface area (Å²) in [5, 5.41) is 0. The third kappa shape index (κ3) is 4.58. The number of aromatic nitrogens is 2. The first-order valence-corrected chi connectivity index (χ1v) is 8.06. The summed E-state index contributed by atoms with van der Waals surface area (Å²) in [4.78, 5) is 7.97. The first-order valence-electron chi connectivity index (χ1n) is 6.99. The van der Waals surface area contributed by atoms with Crippen molar-refractivity contribution in [2.24, 2.45) is 0 Å². The molecule has 0 unspecified atom stereocenters. The Morgan fingerprint density at radius 3 is 2.48 bits per heavy atom. The van der Waals surface area contributed by atoms with Gasteiger partial charge < -0.3 is 25.7 Å². The smallest absolute Gasteiger partial charge is 0.221 e. The van der Waals surface area contributed by atoms with Crippen LogP contribution >= 0.6 is 22.6 Å². The number of halogens is 1. The maximum absolute atomic E-state index is 5.90. The second-order valence-electron chi connectivity index (χ2n) is 4.71. The van der Waals surface area contributed by atoms with Crippen LogP contribution in [-0.4, -0.2) is 30.5 Å². The quantitative estimate of drug-likeness (QED) is 0.513. The molecule has 0 saturated carbocycles. The Hall–Kier alpha value is -1.81. The van der Waals surface area contributed by atoms with Crippen molar-refractivity contribution in [3.8, 4) is 11.5 Å². The van der Waals surface area contributed by atoms with Crippen molar-refractivity contribution >= 4 is 34.4 Å². The summed E-state index contributed by atoms with van der Waals surface area (Å²) in [5.41, 5.74) is 13.2. The summed E-state index contributed by atoms with van der Waals surface area (Å²) in [7, 11) is 1.58. The lowest BCUT2D eigenvalue weighted by atomic mass is 10.1. The molecule has 124 valence electrons. The highest BCUT2D eigenvalue weighted by atomic mass is 127. The Kier molecular flexibility index (Phi) is 6.22. The van der Waals surface area contributed by atoms with E-state index < -0.39 is 0 Å². The van der Waals surface area contributed by atoms with Gasteiger partial charge in [-0.1, -0.05) is 0 Å². The van der Waals surface area contributed by atoms with Crippen molar-refractivity contribution in [2.45, 2.75) is 13.3 Å². The average molecular weight is 430 g/mol. The summed E-state index contributed by atoms with van der Waals surface area (Å²) in [6.45, 7) is 2.67. The maximum atomic E-state index is 5.90. The first kappa shape index (κ1) is 17.5. The van der Waals surface area contributed by atoms with Crippen LogP contribution in [0.25, 0.3) is 0 Å². The average Bonchev–Trinajstić information content (AvgIpc) is 2.52. The van der Waals surface area contributed by atoms with Gasteiger partial charge in [-0.3, -0.25) is 0 Å². The number of benzene rings is 1. The second kappa shape index (κ2) is 8.16. The van der Waals surface area contributed by atoms with E-state index in [-0.39, 0.29) is 12.7 Å². The van der Waals surface area contributed by atoms with Gasteiger partial charge in [-0.25, -0.2) is 4.98 Å². The van der Waals surface area contributed by atoms with E-state index >= 15 is 0 Å². The lowest BCUT2D eigenvalue weighted by molar-refractivity contribution is 0.0502. The number of hydrogen-bond acceptors (Lipinski definition) is 7. The van der Waals surface area contributed by atoms with Gasteiger partial charge in [0, 0.05) is 25.3 Å². The van der Waals surface area contributed by atoms with Crippen LogP contribution in [0.1, 0.15) is 18.1 Å². The predicted octanol–water partition coefficient (Wildman–Crippen LogP) is 2.22. The Labute approximate surface area is 148 Å². The maximum Gasteiger partial charge on any atom is 0.221 e. The van der Waals surface area contributed by atoms with Crippen molar-refractivity contribution in [2.75, 3.05) is 32.0 Å². The monoisotopic (exact) mass is 430 g/mol. The van der Waals surface area contributed by atoms with E-state index in [1.807, 2.05) is 19.1 Å². The van der Waals surface area contributed by atoms with Crippen LogP contribution in [0.3, 0.4) is 0 Å². The van der Waals surface area contributed by atoms with Gasteiger partial charge in [0.15, 0.2) is 6.79 Å². The second-order valence-corrected chi connectivity index (χ2v) is 5.78. The van der Waals surface area contributed by atoms with Crippen LogP contribution in [0.2, 0.25) is 0 Å². The zero-order chi connectivity index (χ0) is 16.8. The molecule has 2 rings (SSSR count). The van der Waals surface area contributed by atoms with E-state index in [1.54, 1.807) is 13.3 Å². The number of nitrogens with zero attached hydrogens (tertiary/aromatic N) is 2. The predicted molar refractivity (Wildman–Crippen MR) is 96.5 cm³/mol. The van der Waals surface area contributed by atoms with Gasteiger partial charge in [0.05, 0.1) is 10.2 Å². The molecular weight excluding hydrogens is 411 g/mol. The molecule has 0 aliphatic carbocycles. The van der Waals surface area contributed by atoms with E-state index in [0.29, 0.717) is 24.6 Å². The van der Waals surface area contributed by atoms with E-state index in [1.165, 1.54) is 0 Å². The van der Waals surface area contributed by atoms with Crippen LogP contribution in [0.4, 0.5) is 11.8 Å². The number of methoxy groups -OCH3 is 1. The van der Waals surface area contributed by atoms with Crippen LogP contribution in [0.5, 0.6) is 11.5 Å². The minimum atomic E-state index is 0.160. The lowest BCUT2D eigenvalue weighted by Gasteiger charge is -2.14. The molecule has 0 radical (unpaired) electrons. The van der Waals surface area contributed by atoms with Gasteiger partial charge >= 0.3 is 0 Å². The summed E-state index contributed by atoms with van der Waals surface area (Å²) in [6, 6.07) is 3.89. The van der Waals surface area contributed by atoms with Gasteiger partial charge in [0.2, 0.25) is 5.95 Å². The molecule has 0 saturated heterocycles. The number of ether oxygens (including phenoxy) is 3. The molecule has 0 amide bonds. The highest BCUT2D eigenvalue weighted by Crippen LogP contribution is 2.33. The van der Waals surface area contributed by atoms with Crippen molar-refractivity contribution < 1.29 is 14.2 Å². The number of rotatable bonds is 7. The normalized spacial score (nSPS) is 10.6. The minimum Gasteiger partial charge on any atom is -0.493 e. The highest BCUT2D eigenvalue weighted by Gasteiger charge is 2.13. The molecule has 0 atom stereocenters. The van der Waals surface area contributed by atoms with Crippen molar-refractivity contribution in [1.29, 1.82) is 0 Å². The SMILES string of the molecule is CCOc1cc(Cc2cnc(N)nc2N)cc(OCOC)c1I. The molecule has 0 fully saturated rings. The molecule has 0 aliphatic rings. The van der Waals surface area contributed by atoms with Crippen LogP contribution < -0.4 is 20.9 Å². The molecule has 0 aliphatic heterocycles. The van der Waals surface area contributed by atoms with Crippen molar-refractivity contribution in [1.82, 2.24) is 9.97 Å². The van der Waals surface area contributed by atoms with Gasteiger partial charge in [0.25, 0.3) is 0 Å². The molecule has 7 nitrogen and oxygen atoms in total. The Bertz CT molecular complexity index is 682. The summed E-state index contributed by atoms with van der Waals surface area (Å²) in [6.07, 6.45) is 2.18. The van der Waals surface area contributed by atoms with E-state index in [0.717, 1.165) is 20.4 Å². The summed E-state index contributed by atoms with van der Waals surface area (Å²) in [5.74, 6) is 1.98. The molecular formula is C15H19IN4O3. The molecule has 1 heterocycles. The molecule has 4 N–H and O–H groups in total.